The van der Waals surface area contributed by atoms with Gasteiger partial charge < -0.3 is 9.64 Å². The van der Waals surface area contributed by atoms with Gasteiger partial charge in [-0.05, 0) is 41.5 Å². The zero-order valence-corrected chi connectivity index (χ0v) is 19.9. The summed E-state index contributed by atoms with van der Waals surface area (Å²) in [5, 5.41) is 8.15. The number of pyridine rings is 1. The molecule has 0 saturated carbocycles. The molecule has 1 amide bonds. The van der Waals surface area contributed by atoms with Crippen LogP contribution in [-0.4, -0.2) is 54.9 Å². The Labute approximate surface area is 198 Å². The molecule has 0 N–H and O–H groups in total. The highest BCUT2D eigenvalue weighted by atomic mass is 127. The SMILES string of the molecule is CCC([C@H](CCI)COc1ccc(F)cn1)N(C)C(=O)c1cc(F)ccc1-n1nccn1. The van der Waals surface area contributed by atoms with Crippen LogP contribution in [0.2, 0.25) is 0 Å². The Morgan fingerprint density at radius 2 is 1.91 bits per heavy atom. The highest BCUT2D eigenvalue weighted by molar-refractivity contribution is 14.1. The van der Waals surface area contributed by atoms with E-state index in [4.69, 9.17) is 4.74 Å². The molecule has 2 atom stereocenters. The van der Waals surface area contributed by atoms with Gasteiger partial charge in [-0.2, -0.15) is 15.0 Å². The van der Waals surface area contributed by atoms with E-state index in [1.165, 1.54) is 47.5 Å². The lowest BCUT2D eigenvalue weighted by molar-refractivity contribution is 0.0612. The largest absolute Gasteiger partial charge is 0.477 e. The second kappa shape index (κ2) is 11.3. The Balaban J connectivity index is 1.82. The van der Waals surface area contributed by atoms with E-state index in [-0.39, 0.29) is 23.4 Å². The molecule has 0 bridgehead atoms. The van der Waals surface area contributed by atoms with Crippen molar-refractivity contribution in [3.63, 3.8) is 0 Å². The van der Waals surface area contributed by atoms with Gasteiger partial charge in [0.1, 0.15) is 11.6 Å². The van der Waals surface area contributed by atoms with Crippen LogP contribution in [0.25, 0.3) is 5.69 Å². The van der Waals surface area contributed by atoms with Crippen molar-refractivity contribution in [2.24, 2.45) is 5.92 Å². The van der Waals surface area contributed by atoms with Crippen LogP contribution < -0.4 is 4.74 Å². The number of hydrogen-bond donors (Lipinski definition) is 0. The summed E-state index contributed by atoms with van der Waals surface area (Å²) in [4.78, 5) is 20.3. The van der Waals surface area contributed by atoms with Crippen LogP contribution in [0.15, 0.2) is 48.9 Å². The zero-order valence-electron chi connectivity index (χ0n) is 17.8. The van der Waals surface area contributed by atoms with Crippen molar-refractivity contribution in [1.82, 2.24) is 24.9 Å². The number of amides is 1. The van der Waals surface area contributed by atoms with Crippen LogP contribution in [0.1, 0.15) is 30.1 Å². The average molecular weight is 555 g/mol. The third kappa shape index (κ3) is 5.78. The first-order valence-corrected chi connectivity index (χ1v) is 11.7. The molecule has 10 heteroatoms. The summed E-state index contributed by atoms with van der Waals surface area (Å²) in [6, 6.07) is 6.56. The lowest BCUT2D eigenvalue weighted by Gasteiger charge is -2.34. The van der Waals surface area contributed by atoms with Crippen molar-refractivity contribution in [3.05, 3.63) is 66.1 Å². The summed E-state index contributed by atoms with van der Waals surface area (Å²) in [5.41, 5.74) is 0.580. The van der Waals surface area contributed by atoms with Gasteiger partial charge in [0.05, 0.1) is 36.4 Å². The fourth-order valence-electron chi connectivity index (χ4n) is 3.63. The maximum atomic E-state index is 14.0. The lowest BCUT2D eigenvalue weighted by Crippen LogP contribution is -2.44. The van der Waals surface area contributed by atoms with Crippen LogP contribution >= 0.6 is 22.6 Å². The molecule has 0 aliphatic heterocycles. The molecule has 3 rings (SSSR count). The summed E-state index contributed by atoms with van der Waals surface area (Å²) in [5.74, 6) is -0.957. The molecule has 1 unspecified atom stereocenters. The third-order valence-corrected chi connectivity index (χ3v) is 5.85. The molecule has 0 saturated heterocycles. The second-order valence-corrected chi connectivity index (χ2v) is 8.31. The fourth-order valence-corrected chi connectivity index (χ4v) is 4.43. The van der Waals surface area contributed by atoms with E-state index < -0.39 is 11.6 Å². The first kappa shape index (κ1) is 24.0. The molecule has 7 nitrogen and oxygen atoms in total. The maximum Gasteiger partial charge on any atom is 0.256 e. The van der Waals surface area contributed by atoms with Gasteiger partial charge in [-0.1, -0.05) is 29.5 Å². The Morgan fingerprint density at radius 1 is 1.19 bits per heavy atom. The summed E-state index contributed by atoms with van der Waals surface area (Å²) in [6.45, 7) is 2.31. The molecular formula is C22H24F2IN5O2. The molecule has 0 fully saturated rings. The second-order valence-electron chi connectivity index (χ2n) is 7.24. The van der Waals surface area contributed by atoms with Crippen LogP contribution in [0.4, 0.5) is 8.78 Å². The molecule has 170 valence electrons. The van der Waals surface area contributed by atoms with E-state index in [1.54, 1.807) is 11.9 Å². The predicted molar refractivity (Wildman–Crippen MR) is 124 cm³/mol. The van der Waals surface area contributed by atoms with Gasteiger partial charge in [-0.25, -0.2) is 13.8 Å². The van der Waals surface area contributed by atoms with Crippen LogP contribution in [0.5, 0.6) is 5.88 Å². The minimum absolute atomic E-state index is 0.00228. The number of benzene rings is 1. The van der Waals surface area contributed by atoms with E-state index in [1.807, 2.05) is 6.92 Å². The van der Waals surface area contributed by atoms with Crippen LogP contribution in [0.3, 0.4) is 0 Å². The van der Waals surface area contributed by atoms with Crippen molar-refractivity contribution < 1.29 is 18.3 Å². The number of carbonyl (C=O) groups is 1. The van der Waals surface area contributed by atoms with Gasteiger partial charge in [-0.3, -0.25) is 4.79 Å². The minimum Gasteiger partial charge on any atom is -0.477 e. The monoisotopic (exact) mass is 555 g/mol. The molecule has 0 radical (unpaired) electrons. The number of carbonyl (C=O) groups excluding carboxylic acids is 1. The standard InChI is InChI=1S/C22H24F2IN5O2/c1-3-19(15(8-9-25)14-32-21-7-5-17(24)13-26-21)29(2)22(31)18-12-16(23)4-6-20(18)30-27-10-11-28-30/h4-7,10-13,15,19H,3,8-9,14H2,1-2H3/t15-,19?/m1/s1. The van der Waals surface area contributed by atoms with E-state index in [0.29, 0.717) is 24.6 Å². The molecule has 0 aliphatic rings. The predicted octanol–water partition coefficient (Wildman–Crippen LogP) is 4.31. The highest BCUT2D eigenvalue weighted by Crippen LogP contribution is 2.24. The number of ether oxygens (including phenoxy) is 1. The molecule has 2 aromatic heterocycles. The third-order valence-electron chi connectivity index (χ3n) is 5.23. The maximum absolute atomic E-state index is 14.0. The number of nitrogens with zero attached hydrogens (tertiary/aromatic N) is 5. The molecule has 0 spiro atoms. The smallest absolute Gasteiger partial charge is 0.256 e. The zero-order chi connectivity index (χ0) is 23.1. The first-order chi connectivity index (χ1) is 15.4. The minimum atomic E-state index is -0.514. The van der Waals surface area contributed by atoms with Crippen molar-refractivity contribution in [2.45, 2.75) is 25.8 Å². The number of aromatic nitrogens is 4. The molecule has 1 aromatic carbocycles. The number of rotatable bonds is 10. The number of alkyl halides is 1. The number of halogens is 3. The van der Waals surface area contributed by atoms with Crippen molar-refractivity contribution >= 4 is 28.5 Å². The summed E-state index contributed by atoms with van der Waals surface area (Å²) >= 11 is 2.29. The Morgan fingerprint density at radius 3 is 2.53 bits per heavy atom. The highest BCUT2D eigenvalue weighted by Gasteiger charge is 2.30. The quantitative estimate of drug-likeness (QED) is 0.276. The van der Waals surface area contributed by atoms with Gasteiger partial charge in [0, 0.05) is 25.1 Å². The van der Waals surface area contributed by atoms with Gasteiger partial charge in [0.25, 0.3) is 5.91 Å². The molecule has 0 aliphatic carbocycles. The van der Waals surface area contributed by atoms with Crippen molar-refractivity contribution in [1.29, 1.82) is 0 Å². The Bertz CT molecular complexity index is 1020. The number of hydrogen-bond acceptors (Lipinski definition) is 5. The van der Waals surface area contributed by atoms with Crippen LogP contribution in [-0.2, 0) is 0 Å². The molecular weight excluding hydrogens is 531 g/mol. The molecule has 3 aromatic rings. The van der Waals surface area contributed by atoms with Gasteiger partial charge in [-0.15, -0.1) is 0 Å². The van der Waals surface area contributed by atoms with Gasteiger partial charge >= 0.3 is 0 Å². The summed E-state index contributed by atoms with van der Waals surface area (Å²) in [7, 11) is 1.71. The molecule has 2 heterocycles. The van der Waals surface area contributed by atoms with E-state index in [2.05, 4.69) is 37.8 Å². The summed E-state index contributed by atoms with van der Waals surface area (Å²) < 4.78 is 33.8. The Kier molecular flexibility index (Phi) is 8.48. The first-order valence-electron chi connectivity index (χ1n) is 10.2. The topological polar surface area (TPSA) is 73.1 Å². The average Bonchev–Trinajstić information content (AvgIpc) is 3.33. The van der Waals surface area contributed by atoms with E-state index in [0.717, 1.165) is 17.0 Å². The van der Waals surface area contributed by atoms with E-state index >= 15 is 0 Å². The van der Waals surface area contributed by atoms with Crippen molar-refractivity contribution in [3.8, 4) is 11.6 Å². The van der Waals surface area contributed by atoms with E-state index in [9.17, 15) is 13.6 Å². The molecule has 32 heavy (non-hydrogen) atoms. The normalized spacial score (nSPS) is 12.9. The van der Waals surface area contributed by atoms with Gasteiger partial charge in [0.15, 0.2) is 0 Å². The fraction of sp³-hybridized carbons (Fsp3) is 0.364. The van der Waals surface area contributed by atoms with Crippen molar-refractivity contribution in [2.75, 3.05) is 18.1 Å². The summed E-state index contributed by atoms with van der Waals surface area (Å²) in [6.07, 6.45) is 5.56. The van der Waals surface area contributed by atoms with Gasteiger partial charge in [0.2, 0.25) is 5.88 Å². The lowest BCUT2D eigenvalue weighted by atomic mass is 9.93. The Hall–Kier alpha value is -2.63. The van der Waals surface area contributed by atoms with Crippen LogP contribution in [0, 0.1) is 17.6 Å².